The molecule has 0 unspecified atom stereocenters. The first kappa shape index (κ1) is 17.5. The van der Waals surface area contributed by atoms with E-state index in [-0.39, 0.29) is 11.8 Å². The number of benzene rings is 2. The van der Waals surface area contributed by atoms with E-state index in [2.05, 4.69) is 10.6 Å². The Balaban J connectivity index is 1.72. The molecule has 1 aliphatic carbocycles. The molecular formula is C20H21ClN2O2. The first-order chi connectivity index (χ1) is 12.0. The van der Waals surface area contributed by atoms with Crippen molar-refractivity contribution >= 4 is 29.1 Å². The number of amides is 2. The normalized spacial score (nSPS) is 15.1. The summed E-state index contributed by atoms with van der Waals surface area (Å²) < 4.78 is 0. The summed E-state index contributed by atoms with van der Waals surface area (Å²) in [6.07, 6.45) is 3.06. The molecule has 0 spiro atoms. The Labute approximate surface area is 152 Å². The Kier molecular flexibility index (Phi) is 5.09. The molecule has 2 aromatic rings. The average Bonchev–Trinajstić information content (AvgIpc) is 2.57. The molecule has 0 aliphatic heterocycles. The quantitative estimate of drug-likeness (QED) is 0.858. The number of halogens is 1. The number of hydrogen-bond donors (Lipinski definition) is 2. The highest BCUT2D eigenvalue weighted by molar-refractivity contribution is 6.30. The van der Waals surface area contributed by atoms with Gasteiger partial charge in [0.2, 0.25) is 11.8 Å². The molecule has 2 aromatic carbocycles. The van der Waals surface area contributed by atoms with Gasteiger partial charge in [-0.2, -0.15) is 0 Å². The molecule has 4 nitrogen and oxygen atoms in total. The SMILES string of the molecule is CNC(=O)Cc1ccc(NC(=O)C2(c3ccc(Cl)cc3)CCC2)cc1. The molecule has 1 saturated carbocycles. The van der Waals surface area contributed by atoms with Crippen LogP contribution in [0.15, 0.2) is 48.5 Å². The van der Waals surface area contributed by atoms with Crippen LogP contribution in [0.4, 0.5) is 5.69 Å². The molecule has 2 N–H and O–H groups in total. The summed E-state index contributed by atoms with van der Waals surface area (Å²) >= 11 is 5.96. The van der Waals surface area contributed by atoms with E-state index in [1.807, 2.05) is 48.5 Å². The fraction of sp³-hybridized carbons (Fsp3) is 0.300. The van der Waals surface area contributed by atoms with E-state index in [9.17, 15) is 9.59 Å². The van der Waals surface area contributed by atoms with Gasteiger partial charge in [-0.1, -0.05) is 42.3 Å². The van der Waals surface area contributed by atoms with Gasteiger partial charge in [0.15, 0.2) is 0 Å². The number of hydrogen-bond acceptors (Lipinski definition) is 2. The zero-order valence-electron chi connectivity index (χ0n) is 14.1. The predicted molar refractivity (Wildman–Crippen MR) is 99.8 cm³/mol. The molecule has 0 heterocycles. The Hall–Kier alpha value is -2.33. The monoisotopic (exact) mass is 356 g/mol. The van der Waals surface area contributed by atoms with Crippen molar-refractivity contribution in [2.24, 2.45) is 0 Å². The number of carbonyl (C=O) groups is 2. The second-order valence-corrected chi connectivity index (χ2v) is 6.88. The van der Waals surface area contributed by atoms with Crippen LogP contribution in [0.2, 0.25) is 5.02 Å². The maximum absolute atomic E-state index is 12.9. The van der Waals surface area contributed by atoms with Crippen LogP contribution < -0.4 is 10.6 Å². The Morgan fingerprint density at radius 1 is 1.04 bits per heavy atom. The fourth-order valence-electron chi connectivity index (χ4n) is 3.18. The second-order valence-electron chi connectivity index (χ2n) is 6.44. The van der Waals surface area contributed by atoms with Gasteiger partial charge < -0.3 is 10.6 Å². The molecule has 1 fully saturated rings. The highest BCUT2D eigenvalue weighted by Crippen LogP contribution is 2.44. The van der Waals surface area contributed by atoms with Crippen molar-refractivity contribution < 1.29 is 9.59 Å². The zero-order chi connectivity index (χ0) is 17.9. The summed E-state index contributed by atoms with van der Waals surface area (Å²) in [5, 5.41) is 6.29. The van der Waals surface area contributed by atoms with Gasteiger partial charge in [0.1, 0.15) is 0 Å². The molecule has 130 valence electrons. The topological polar surface area (TPSA) is 58.2 Å². The lowest BCUT2D eigenvalue weighted by Gasteiger charge is -2.40. The van der Waals surface area contributed by atoms with Crippen molar-refractivity contribution in [1.82, 2.24) is 5.32 Å². The van der Waals surface area contributed by atoms with Gasteiger partial charge in [-0.05, 0) is 48.2 Å². The standard InChI is InChI=1S/C20H21ClN2O2/c1-22-18(24)13-14-3-9-17(10-4-14)23-19(25)20(11-2-12-20)15-5-7-16(21)8-6-15/h3-10H,2,11-13H2,1H3,(H,22,24)(H,23,25). The summed E-state index contributed by atoms with van der Waals surface area (Å²) in [6, 6.07) is 14.9. The van der Waals surface area contributed by atoms with Crippen molar-refractivity contribution in [3.05, 3.63) is 64.7 Å². The molecule has 25 heavy (non-hydrogen) atoms. The molecule has 0 radical (unpaired) electrons. The molecule has 0 saturated heterocycles. The molecule has 0 aromatic heterocycles. The lowest BCUT2D eigenvalue weighted by molar-refractivity contribution is -0.124. The van der Waals surface area contributed by atoms with Crippen molar-refractivity contribution in [3.63, 3.8) is 0 Å². The lowest BCUT2D eigenvalue weighted by atomic mass is 9.64. The maximum atomic E-state index is 12.9. The third kappa shape index (κ3) is 3.69. The molecule has 0 bridgehead atoms. The first-order valence-corrected chi connectivity index (χ1v) is 8.78. The van der Waals surface area contributed by atoms with Gasteiger partial charge in [-0.15, -0.1) is 0 Å². The number of likely N-dealkylation sites (N-methyl/N-ethyl adjacent to an activating group) is 1. The van der Waals surface area contributed by atoms with Crippen LogP contribution in [0, 0.1) is 0 Å². The van der Waals surface area contributed by atoms with Crippen LogP contribution in [0.3, 0.4) is 0 Å². The predicted octanol–water partition coefficient (Wildman–Crippen LogP) is 3.69. The summed E-state index contributed by atoms with van der Waals surface area (Å²) in [6.45, 7) is 0. The van der Waals surface area contributed by atoms with E-state index in [1.54, 1.807) is 7.05 Å². The average molecular weight is 357 g/mol. The highest BCUT2D eigenvalue weighted by Gasteiger charge is 2.45. The van der Waals surface area contributed by atoms with Crippen LogP contribution in [0.1, 0.15) is 30.4 Å². The van der Waals surface area contributed by atoms with Crippen LogP contribution >= 0.6 is 11.6 Å². The van der Waals surface area contributed by atoms with Crippen molar-refractivity contribution in [1.29, 1.82) is 0 Å². The third-order valence-corrected chi connectivity index (χ3v) is 5.15. The smallest absolute Gasteiger partial charge is 0.235 e. The number of carbonyl (C=O) groups excluding carboxylic acids is 2. The molecule has 1 aliphatic rings. The Bertz CT molecular complexity index is 765. The van der Waals surface area contributed by atoms with Gasteiger partial charge in [0, 0.05) is 17.8 Å². The van der Waals surface area contributed by atoms with Crippen molar-refractivity contribution in [2.45, 2.75) is 31.1 Å². The van der Waals surface area contributed by atoms with E-state index < -0.39 is 5.41 Å². The largest absolute Gasteiger partial charge is 0.359 e. The van der Waals surface area contributed by atoms with Gasteiger partial charge in [0.05, 0.1) is 11.8 Å². The maximum Gasteiger partial charge on any atom is 0.235 e. The number of anilines is 1. The van der Waals surface area contributed by atoms with E-state index in [0.717, 1.165) is 36.1 Å². The Morgan fingerprint density at radius 2 is 1.68 bits per heavy atom. The molecule has 2 amide bonds. The molecule has 3 rings (SSSR count). The molecule has 5 heteroatoms. The number of nitrogens with one attached hydrogen (secondary N) is 2. The first-order valence-electron chi connectivity index (χ1n) is 8.40. The van der Waals surface area contributed by atoms with Crippen LogP contribution in [0.25, 0.3) is 0 Å². The summed E-state index contributed by atoms with van der Waals surface area (Å²) in [7, 11) is 1.62. The van der Waals surface area contributed by atoms with Crippen LogP contribution in [-0.4, -0.2) is 18.9 Å². The van der Waals surface area contributed by atoms with E-state index in [0.29, 0.717) is 11.4 Å². The highest BCUT2D eigenvalue weighted by atomic mass is 35.5. The molecular weight excluding hydrogens is 336 g/mol. The fourth-order valence-corrected chi connectivity index (χ4v) is 3.30. The van der Waals surface area contributed by atoms with Crippen molar-refractivity contribution in [3.8, 4) is 0 Å². The van der Waals surface area contributed by atoms with E-state index in [4.69, 9.17) is 11.6 Å². The Morgan fingerprint density at radius 3 is 2.20 bits per heavy atom. The van der Waals surface area contributed by atoms with E-state index >= 15 is 0 Å². The van der Waals surface area contributed by atoms with Gasteiger partial charge in [0.25, 0.3) is 0 Å². The van der Waals surface area contributed by atoms with Gasteiger partial charge >= 0.3 is 0 Å². The van der Waals surface area contributed by atoms with Crippen LogP contribution in [-0.2, 0) is 21.4 Å². The number of rotatable bonds is 5. The van der Waals surface area contributed by atoms with Crippen molar-refractivity contribution in [2.75, 3.05) is 12.4 Å². The van der Waals surface area contributed by atoms with Crippen LogP contribution in [0.5, 0.6) is 0 Å². The molecule has 0 atom stereocenters. The summed E-state index contributed by atoms with van der Waals surface area (Å²) in [4.78, 5) is 24.3. The lowest BCUT2D eigenvalue weighted by Crippen LogP contribution is -2.45. The third-order valence-electron chi connectivity index (χ3n) is 4.89. The zero-order valence-corrected chi connectivity index (χ0v) is 14.9. The minimum atomic E-state index is -0.467. The minimum Gasteiger partial charge on any atom is -0.359 e. The minimum absolute atomic E-state index is 0.0140. The van der Waals surface area contributed by atoms with Gasteiger partial charge in [-0.3, -0.25) is 9.59 Å². The van der Waals surface area contributed by atoms with Gasteiger partial charge in [-0.25, -0.2) is 0 Å². The summed E-state index contributed by atoms with van der Waals surface area (Å²) in [5.74, 6) is -0.0203. The second kappa shape index (κ2) is 7.28. The summed E-state index contributed by atoms with van der Waals surface area (Å²) in [5.41, 5.74) is 2.20. The van der Waals surface area contributed by atoms with E-state index in [1.165, 1.54) is 0 Å².